The van der Waals surface area contributed by atoms with Gasteiger partial charge in [-0.2, -0.15) is 5.10 Å². The van der Waals surface area contributed by atoms with E-state index < -0.39 is 0 Å². The van der Waals surface area contributed by atoms with Gasteiger partial charge in [0, 0.05) is 19.3 Å². The molecule has 0 N–H and O–H groups in total. The van der Waals surface area contributed by atoms with Gasteiger partial charge in [0.2, 0.25) is 0 Å². The Morgan fingerprint density at radius 2 is 1.92 bits per heavy atom. The maximum absolute atomic E-state index is 12.9. The number of fused-ring (bicyclic) bond motifs is 1. The summed E-state index contributed by atoms with van der Waals surface area (Å²) in [5.41, 5.74) is 4.67. The summed E-state index contributed by atoms with van der Waals surface area (Å²) in [6.45, 7) is 7.52. The highest BCUT2D eigenvalue weighted by atomic mass is 16.2. The molecule has 3 aromatic rings. The Kier molecular flexibility index (Phi) is 5.35. The van der Waals surface area contributed by atoms with E-state index in [1.165, 1.54) is 5.56 Å². The Bertz CT molecular complexity index is 912. The van der Waals surface area contributed by atoms with Gasteiger partial charge in [-0.3, -0.25) is 4.79 Å². The van der Waals surface area contributed by atoms with Crippen molar-refractivity contribution in [3.8, 4) is 0 Å². The molecule has 0 saturated carbocycles. The number of hydrogen-bond donors (Lipinski definition) is 0. The SMILES string of the molecule is CCCCN(C)C(=O)c1cc(C)nc2c1cnn2Cc1ccc(C)cc1. The number of carbonyl (C=O) groups excluding carboxylic acids is 1. The molecule has 26 heavy (non-hydrogen) atoms. The molecule has 0 aliphatic carbocycles. The minimum absolute atomic E-state index is 0.0313. The van der Waals surface area contributed by atoms with Crippen molar-refractivity contribution in [3.63, 3.8) is 0 Å². The molecule has 0 aliphatic heterocycles. The standard InChI is InChI=1S/C21H26N4O/c1-5-6-11-24(4)21(26)18-12-16(3)23-20-19(18)13-22-25(20)14-17-9-7-15(2)8-10-17/h7-10,12-13H,5-6,11,14H2,1-4H3. The lowest BCUT2D eigenvalue weighted by atomic mass is 10.1. The number of benzene rings is 1. The lowest BCUT2D eigenvalue weighted by Gasteiger charge is -2.17. The van der Waals surface area contributed by atoms with Crippen LogP contribution in [0.5, 0.6) is 0 Å². The summed E-state index contributed by atoms with van der Waals surface area (Å²) < 4.78 is 1.87. The van der Waals surface area contributed by atoms with Crippen LogP contribution in [0, 0.1) is 13.8 Å². The normalized spacial score (nSPS) is 11.1. The van der Waals surface area contributed by atoms with Crippen molar-refractivity contribution in [1.82, 2.24) is 19.7 Å². The molecule has 1 amide bonds. The Hall–Kier alpha value is -2.69. The quantitative estimate of drug-likeness (QED) is 0.676. The summed E-state index contributed by atoms with van der Waals surface area (Å²) in [7, 11) is 1.86. The van der Waals surface area contributed by atoms with Gasteiger partial charge in [-0.15, -0.1) is 0 Å². The number of hydrogen-bond acceptors (Lipinski definition) is 3. The summed E-state index contributed by atoms with van der Waals surface area (Å²) in [6, 6.07) is 10.3. The number of aromatic nitrogens is 3. The fraction of sp³-hybridized carbons (Fsp3) is 0.381. The number of amides is 1. The molecule has 2 aromatic heterocycles. The highest BCUT2D eigenvalue weighted by molar-refractivity contribution is 6.05. The molecule has 0 spiro atoms. The lowest BCUT2D eigenvalue weighted by molar-refractivity contribution is 0.0795. The third-order valence-corrected chi connectivity index (χ3v) is 4.61. The lowest BCUT2D eigenvalue weighted by Crippen LogP contribution is -2.28. The van der Waals surface area contributed by atoms with Crippen LogP contribution in [-0.2, 0) is 6.54 Å². The van der Waals surface area contributed by atoms with Gasteiger partial charge in [0.1, 0.15) is 0 Å². The molecular weight excluding hydrogens is 324 g/mol. The Labute approximate surface area is 154 Å². The van der Waals surface area contributed by atoms with E-state index in [-0.39, 0.29) is 5.91 Å². The first-order valence-electron chi connectivity index (χ1n) is 9.13. The van der Waals surface area contributed by atoms with Crippen molar-refractivity contribution in [2.45, 2.75) is 40.2 Å². The van der Waals surface area contributed by atoms with Crippen molar-refractivity contribution in [1.29, 1.82) is 0 Å². The zero-order chi connectivity index (χ0) is 18.7. The molecule has 136 valence electrons. The van der Waals surface area contributed by atoms with E-state index in [4.69, 9.17) is 0 Å². The van der Waals surface area contributed by atoms with Gasteiger partial charge in [0.25, 0.3) is 5.91 Å². The maximum atomic E-state index is 12.9. The molecule has 0 fully saturated rings. The third-order valence-electron chi connectivity index (χ3n) is 4.61. The van der Waals surface area contributed by atoms with Crippen LogP contribution in [0.1, 0.15) is 46.9 Å². The summed E-state index contributed by atoms with van der Waals surface area (Å²) in [5, 5.41) is 5.32. The predicted molar refractivity (Wildman–Crippen MR) is 104 cm³/mol. The van der Waals surface area contributed by atoms with Gasteiger partial charge in [0.15, 0.2) is 5.65 Å². The van der Waals surface area contributed by atoms with E-state index >= 15 is 0 Å². The Morgan fingerprint density at radius 1 is 1.19 bits per heavy atom. The molecule has 0 radical (unpaired) electrons. The van der Waals surface area contributed by atoms with Crippen LogP contribution in [0.15, 0.2) is 36.5 Å². The van der Waals surface area contributed by atoms with Crippen LogP contribution >= 0.6 is 0 Å². The van der Waals surface area contributed by atoms with Gasteiger partial charge < -0.3 is 4.90 Å². The molecule has 0 aliphatic rings. The maximum Gasteiger partial charge on any atom is 0.254 e. The summed E-state index contributed by atoms with van der Waals surface area (Å²) in [6.07, 6.45) is 3.83. The highest BCUT2D eigenvalue weighted by Gasteiger charge is 2.18. The smallest absolute Gasteiger partial charge is 0.254 e. The second-order valence-electron chi connectivity index (χ2n) is 6.92. The van der Waals surface area contributed by atoms with Crippen LogP contribution in [0.25, 0.3) is 11.0 Å². The molecule has 0 unspecified atom stereocenters. The van der Waals surface area contributed by atoms with Gasteiger partial charge in [0.05, 0.1) is 23.7 Å². The second-order valence-corrected chi connectivity index (χ2v) is 6.92. The highest BCUT2D eigenvalue weighted by Crippen LogP contribution is 2.21. The van der Waals surface area contributed by atoms with Crippen molar-refractivity contribution in [3.05, 3.63) is 58.9 Å². The van der Waals surface area contributed by atoms with Crippen molar-refractivity contribution in [2.75, 3.05) is 13.6 Å². The largest absolute Gasteiger partial charge is 0.342 e. The van der Waals surface area contributed by atoms with Crippen LogP contribution in [0.2, 0.25) is 0 Å². The van der Waals surface area contributed by atoms with Crippen LogP contribution < -0.4 is 0 Å². The van der Waals surface area contributed by atoms with E-state index in [1.807, 2.05) is 24.7 Å². The number of pyridine rings is 1. The number of unbranched alkanes of at least 4 members (excludes halogenated alkanes) is 1. The summed E-state index contributed by atoms with van der Waals surface area (Å²) in [4.78, 5) is 19.3. The van der Waals surface area contributed by atoms with E-state index in [2.05, 4.69) is 48.2 Å². The monoisotopic (exact) mass is 350 g/mol. The molecule has 1 aromatic carbocycles. The Morgan fingerprint density at radius 3 is 2.62 bits per heavy atom. The first kappa shape index (κ1) is 18.1. The molecule has 0 saturated heterocycles. The van der Waals surface area contributed by atoms with E-state index in [0.717, 1.165) is 41.7 Å². The molecule has 0 bridgehead atoms. The zero-order valence-electron chi connectivity index (χ0n) is 16.0. The van der Waals surface area contributed by atoms with E-state index in [9.17, 15) is 4.79 Å². The molecule has 0 atom stereocenters. The van der Waals surface area contributed by atoms with Crippen LogP contribution in [0.4, 0.5) is 0 Å². The minimum atomic E-state index is 0.0313. The second kappa shape index (κ2) is 7.68. The molecule has 2 heterocycles. The number of carbonyl (C=O) groups is 1. The number of nitrogens with zero attached hydrogens (tertiary/aromatic N) is 4. The first-order valence-corrected chi connectivity index (χ1v) is 9.13. The Balaban J connectivity index is 1.95. The van der Waals surface area contributed by atoms with Gasteiger partial charge in [-0.25, -0.2) is 9.67 Å². The molecular formula is C21H26N4O. The van der Waals surface area contributed by atoms with Gasteiger partial charge >= 0.3 is 0 Å². The topological polar surface area (TPSA) is 51.0 Å². The van der Waals surface area contributed by atoms with Crippen LogP contribution in [0.3, 0.4) is 0 Å². The van der Waals surface area contributed by atoms with Gasteiger partial charge in [-0.1, -0.05) is 43.2 Å². The average Bonchev–Trinajstić information content (AvgIpc) is 3.02. The average molecular weight is 350 g/mol. The zero-order valence-corrected chi connectivity index (χ0v) is 16.0. The van der Waals surface area contributed by atoms with E-state index in [0.29, 0.717) is 12.1 Å². The molecule has 5 nitrogen and oxygen atoms in total. The molecule has 5 heteroatoms. The van der Waals surface area contributed by atoms with E-state index in [1.54, 1.807) is 11.1 Å². The van der Waals surface area contributed by atoms with Crippen molar-refractivity contribution < 1.29 is 4.79 Å². The summed E-state index contributed by atoms with van der Waals surface area (Å²) >= 11 is 0. The fourth-order valence-corrected chi connectivity index (χ4v) is 3.03. The third kappa shape index (κ3) is 3.77. The van der Waals surface area contributed by atoms with Crippen molar-refractivity contribution >= 4 is 16.9 Å². The van der Waals surface area contributed by atoms with Gasteiger partial charge in [-0.05, 0) is 31.9 Å². The number of rotatable bonds is 6. The molecule has 3 rings (SSSR count). The van der Waals surface area contributed by atoms with Crippen molar-refractivity contribution in [2.24, 2.45) is 0 Å². The number of aryl methyl sites for hydroxylation is 2. The first-order chi connectivity index (χ1) is 12.5. The van der Waals surface area contributed by atoms with Crippen LogP contribution in [-0.4, -0.2) is 39.2 Å². The predicted octanol–water partition coefficient (Wildman–Crippen LogP) is 3.97. The fourth-order valence-electron chi connectivity index (χ4n) is 3.03. The minimum Gasteiger partial charge on any atom is -0.342 e. The summed E-state index contributed by atoms with van der Waals surface area (Å²) in [5.74, 6) is 0.0313.